The zero-order valence-corrected chi connectivity index (χ0v) is 12.6. The molecule has 1 unspecified atom stereocenters. The lowest BCUT2D eigenvalue weighted by molar-refractivity contribution is -0.385. The van der Waals surface area contributed by atoms with Crippen molar-refractivity contribution in [3.8, 4) is 6.07 Å². The number of benzene rings is 1. The van der Waals surface area contributed by atoms with Crippen LogP contribution in [0.4, 0.5) is 11.4 Å². The molecular weight excluding hydrogens is 286 g/mol. The Balaban J connectivity index is 2.30. The van der Waals surface area contributed by atoms with E-state index in [9.17, 15) is 10.1 Å². The molecule has 2 rings (SSSR count). The van der Waals surface area contributed by atoms with Crippen LogP contribution in [-0.2, 0) is 0 Å². The number of anilines is 1. The van der Waals surface area contributed by atoms with E-state index in [-0.39, 0.29) is 17.3 Å². The summed E-state index contributed by atoms with van der Waals surface area (Å²) in [5.41, 5.74) is 0.614. The van der Waals surface area contributed by atoms with Gasteiger partial charge in [-0.1, -0.05) is 19.9 Å². The summed E-state index contributed by atoms with van der Waals surface area (Å²) >= 11 is 1.66. The van der Waals surface area contributed by atoms with Gasteiger partial charge in [-0.25, -0.2) is 0 Å². The van der Waals surface area contributed by atoms with Gasteiger partial charge in [0.15, 0.2) is 0 Å². The number of nitrogens with one attached hydrogen (secondary N) is 1. The Kier molecular flexibility index (Phi) is 4.55. The first-order valence-electron chi connectivity index (χ1n) is 6.51. The number of hydrogen-bond donors (Lipinski definition) is 1. The largest absolute Gasteiger partial charge is 0.377 e. The van der Waals surface area contributed by atoms with Crippen LogP contribution < -0.4 is 5.32 Å². The normalized spacial score (nSPS) is 11.9. The molecule has 21 heavy (non-hydrogen) atoms. The summed E-state index contributed by atoms with van der Waals surface area (Å²) in [7, 11) is 0. The van der Waals surface area contributed by atoms with E-state index in [1.807, 2.05) is 17.5 Å². The van der Waals surface area contributed by atoms with E-state index in [1.54, 1.807) is 17.4 Å². The van der Waals surface area contributed by atoms with Gasteiger partial charge in [-0.2, -0.15) is 5.26 Å². The molecule has 1 aromatic heterocycles. The van der Waals surface area contributed by atoms with Crippen LogP contribution >= 0.6 is 11.3 Å². The van der Waals surface area contributed by atoms with E-state index in [1.165, 1.54) is 17.0 Å². The van der Waals surface area contributed by atoms with Gasteiger partial charge in [0.05, 0.1) is 11.0 Å². The lowest BCUT2D eigenvalue weighted by atomic mass is 10.0. The summed E-state index contributed by atoms with van der Waals surface area (Å²) < 4.78 is 0. The zero-order chi connectivity index (χ0) is 15.4. The van der Waals surface area contributed by atoms with Crippen molar-refractivity contribution < 1.29 is 4.92 Å². The van der Waals surface area contributed by atoms with Crippen LogP contribution in [0.2, 0.25) is 0 Å². The van der Waals surface area contributed by atoms with Gasteiger partial charge in [-0.3, -0.25) is 10.1 Å². The summed E-state index contributed by atoms with van der Waals surface area (Å²) in [4.78, 5) is 11.5. The predicted octanol–water partition coefficient (Wildman–Crippen LogP) is 4.34. The molecule has 0 aliphatic heterocycles. The minimum Gasteiger partial charge on any atom is -0.377 e. The van der Waals surface area contributed by atoms with Crippen LogP contribution in [-0.4, -0.2) is 4.92 Å². The van der Waals surface area contributed by atoms with Gasteiger partial charge in [0.25, 0.3) is 5.69 Å². The number of rotatable bonds is 5. The molecule has 0 spiro atoms. The van der Waals surface area contributed by atoms with Gasteiger partial charge in [0, 0.05) is 16.6 Å². The van der Waals surface area contributed by atoms with E-state index < -0.39 is 4.92 Å². The Hall–Kier alpha value is -2.39. The summed E-state index contributed by atoms with van der Waals surface area (Å²) in [5, 5.41) is 25.3. The lowest BCUT2D eigenvalue weighted by Crippen LogP contribution is -2.15. The summed E-state index contributed by atoms with van der Waals surface area (Å²) in [6.07, 6.45) is 0. The topological polar surface area (TPSA) is 79.0 Å². The Labute approximate surface area is 127 Å². The van der Waals surface area contributed by atoms with Crippen molar-refractivity contribution in [2.75, 3.05) is 5.32 Å². The van der Waals surface area contributed by atoms with Crippen molar-refractivity contribution >= 4 is 22.7 Å². The second-order valence-electron chi connectivity index (χ2n) is 4.98. The maximum Gasteiger partial charge on any atom is 0.287 e. The van der Waals surface area contributed by atoms with Crippen molar-refractivity contribution in [1.82, 2.24) is 0 Å². The fourth-order valence-corrected chi connectivity index (χ4v) is 3.04. The second-order valence-corrected chi connectivity index (χ2v) is 5.96. The summed E-state index contributed by atoms with van der Waals surface area (Å²) in [5.74, 6) is 0.351. The minimum absolute atomic E-state index is 0.0682. The fraction of sp³-hybridized carbons (Fsp3) is 0.267. The highest BCUT2D eigenvalue weighted by molar-refractivity contribution is 7.10. The number of nitro benzene ring substituents is 1. The standard InChI is InChI=1S/C15H15N3O2S/c1-10(2)15(14-4-3-7-21-14)17-12-5-6-13(18(19)20)11(8-12)9-16/h3-8,10,15,17H,1-2H3. The molecule has 0 radical (unpaired) electrons. The number of thiophene rings is 1. The molecule has 108 valence electrons. The van der Waals surface area contributed by atoms with Crippen molar-refractivity contribution in [2.45, 2.75) is 19.9 Å². The van der Waals surface area contributed by atoms with Crippen LogP contribution in [0.25, 0.3) is 0 Å². The summed E-state index contributed by atoms with van der Waals surface area (Å²) in [6.45, 7) is 4.21. The van der Waals surface area contributed by atoms with Gasteiger partial charge in [-0.05, 0) is 29.5 Å². The molecule has 2 aromatic rings. The molecule has 0 saturated heterocycles. The molecule has 0 amide bonds. The van der Waals surface area contributed by atoms with Gasteiger partial charge in [-0.15, -0.1) is 11.3 Å². The third-order valence-electron chi connectivity index (χ3n) is 3.15. The molecule has 0 aliphatic carbocycles. The van der Waals surface area contributed by atoms with E-state index >= 15 is 0 Å². The van der Waals surface area contributed by atoms with Gasteiger partial charge >= 0.3 is 0 Å². The molecule has 1 aromatic carbocycles. The average Bonchev–Trinajstić information content (AvgIpc) is 2.97. The Morgan fingerprint density at radius 2 is 2.14 bits per heavy atom. The second kappa shape index (κ2) is 6.37. The zero-order valence-electron chi connectivity index (χ0n) is 11.7. The van der Waals surface area contributed by atoms with Crippen LogP contribution in [0.1, 0.15) is 30.3 Å². The van der Waals surface area contributed by atoms with Crippen LogP contribution in [0.15, 0.2) is 35.7 Å². The van der Waals surface area contributed by atoms with Crippen LogP contribution in [0.5, 0.6) is 0 Å². The quantitative estimate of drug-likeness (QED) is 0.658. The average molecular weight is 301 g/mol. The fourth-order valence-electron chi connectivity index (χ4n) is 2.09. The Bertz CT molecular complexity index is 675. The Morgan fingerprint density at radius 3 is 2.67 bits per heavy atom. The maximum absolute atomic E-state index is 10.8. The predicted molar refractivity (Wildman–Crippen MR) is 83.3 cm³/mol. The van der Waals surface area contributed by atoms with E-state index in [0.29, 0.717) is 11.6 Å². The van der Waals surface area contributed by atoms with Crippen LogP contribution in [0, 0.1) is 27.4 Å². The minimum atomic E-state index is -0.540. The molecule has 5 nitrogen and oxygen atoms in total. The highest BCUT2D eigenvalue weighted by Crippen LogP contribution is 2.31. The maximum atomic E-state index is 10.8. The number of nitrogens with zero attached hydrogens (tertiary/aromatic N) is 2. The molecular formula is C15H15N3O2S. The molecule has 0 saturated carbocycles. The Morgan fingerprint density at radius 1 is 1.38 bits per heavy atom. The van der Waals surface area contributed by atoms with E-state index in [4.69, 9.17) is 5.26 Å². The van der Waals surface area contributed by atoms with Crippen molar-refractivity contribution in [1.29, 1.82) is 5.26 Å². The van der Waals surface area contributed by atoms with Crippen molar-refractivity contribution in [3.05, 3.63) is 56.3 Å². The number of nitro groups is 1. The first kappa shape index (κ1) is 15.0. The van der Waals surface area contributed by atoms with Gasteiger partial charge < -0.3 is 5.32 Å². The smallest absolute Gasteiger partial charge is 0.287 e. The first-order chi connectivity index (χ1) is 10.0. The number of hydrogen-bond acceptors (Lipinski definition) is 5. The van der Waals surface area contributed by atoms with Gasteiger partial charge in [0.2, 0.25) is 0 Å². The molecule has 0 fully saturated rings. The third kappa shape index (κ3) is 3.38. The monoisotopic (exact) mass is 301 g/mol. The first-order valence-corrected chi connectivity index (χ1v) is 7.39. The third-order valence-corrected chi connectivity index (χ3v) is 4.11. The molecule has 1 atom stereocenters. The van der Waals surface area contributed by atoms with Crippen molar-refractivity contribution in [3.63, 3.8) is 0 Å². The SMILES string of the molecule is CC(C)C(Nc1ccc([N+](=O)[O-])c(C#N)c1)c1cccs1. The van der Waals surface area contributed by atoms with Crippen molar-refractivity contribution in [2.24, 2.45) is 5.92 Å². The number of nitriles is 1. The molecule has 0 aliphatic rings. The molecule has 6 heteroatoms. The van der Waals surface area contributed by atoms with Crippen LogP contribution in [0.3, 0.4) is 0 Å². The summed E-state index contributed by atoms with van der Waals surface area (Å²) in [6, 6.07) is 10.6. The van der Waals surface area contributed by atoms with E-state index in [0.717, 1.165) is 0 Å². The highest BCUT2D eigenvalue weighted by atomic mass is 32.1. The highest BCUT2D eigenvalue weighted by Gasteiger charge is 2.19. The molecule has 0 bridgehead atoms. The molecule has 1 heterocycles. The van der Waals surface area contributed by atoms with Gasteiger partial charge in [0.1, 0.15) is 11.6 Å². The lowest BCUT2D eigenvalue weighted by Gasteiger charge is -2.22. The molecule has 1 N–H and O–H groups in total. The van der Waals surface area contributed by atoms with E-state index in [2.05, 4.69) is 25.2 Å².